The third-order valence-electron chi connectivity index (χ3n) is 3.99. The lowest BCUT2D eigenvalue weighted by Crippen LogP contribution is -2.52. The predicted molar refractivity (Wildman–Crippen MR) is 63.6 cm³/mol. The maximum absolute atomic E-state index is 11.0. The molecule has 2 heterocycles. The van der Waals surface area contributed by atoms with Crippen molar-refractivity contribution in [3.63, 3.8) is 0 Å². The van der Waals surface area contributed by atoms with Gasteiger partial charge in [0, 0.05) is 25.3 Å². The molecule has 5 nitrogen and oxygen atoms in total. The van der Waals surface area contributed by atoms with Crippen molar-refractivity contribution in [3.8, 4) is 0 Å². The topological polar surface area (TPSA) is 64.2 Å². The number of carbonyl (C=O) groups is 1. The molecule has 0 atom stereocenters. The molecule has 0 aromatic carbocycles. The van der Waals surface area contributed by atoms with Crippen molar-refractivity contribution in [2.24, 2.45) is 5.73 Å². The van der Waals surface area contributed by atoms with Gasteiger partial charge in [-0.1, -0.05) is 12.8 Å². The van der Waals surface area contributed by atoms with E-state index >= 15 is 0 Å². The number of hydrogen-bond acceptors (Lipinski definition) is 3. The van der Waals surface area contributed by atoms with E-state index in [0.717, 1.165) is 19.1 Å². The highest BCUT2D eigenvalue weighted by molar-refractivity contribution is 5.92. The van der Waals surface area contributed by atoms with Crippen LogP contribution in [0.2, 0.25) is 0 Å². The zero-order valence-electron chi connectivity index (χ0n) is 9.88. The molecule has 0 radical (unpaired) electrons. The highest BCUT2D eigenvalue weighted by atomic mass is 16.1. The molecule has 1 aliphatic heterocycles. The van der Waals surface area contributed by atoms with E-state index in [4.69, 9.17) is 5.73 Å². The lowest BCUT2D eigenvalue weighted by atomic mass is 10.0. The first-order valence-electron chi connectivity index (χ1n) is 6.32. The number of likely N-dealkylation sites (tertiary alicyclic amines) is 1. The smallest absolute Gasteiger partial charge is 0.251 e. The summed E-state index contributed by atoms with van der Waals surface area (Å²) in [5, 5.41) is 4.21. The molecule has 92 valence electrons. The van der Waals surface area contributed by atoms with Gasteiger partial charge >= 0.3 is 0 Å². The van der Waals surface area contributed by atoms with Crippen molar-refractivity contribution >= 4 is 5.91 Å². The van der Waals surface area contributed by atoms with Crippen LogP contribution >= 0.6 is 0 Å². The first kappa shape index (κ1) is 10.8. The average Bonchev–Trinajstić information content (AvgIpc) is 2.84. The monoisotopic (exact) mass is 234 g/mol. The summed E-state index contributed by atoms with van der Waals surface area (Å²) in [7, 11) is 0. The molecule has 1 saturated carbocycles. The van der Waals surface area contributed by atoms with Crippen molar-refractivity contribution in [1.82, 2.24) is 14.7 Å². The van der Waals surface area contributed by atoms with Gasteiger partial charge in [0.25, 0.3) is 5.91 Å². The lowest BCUT2D eigenvalue weighted by molar-refractivity contribution is 0.0552. The van der Waals surface area contributed by atoms with Crippen LogP contribution in [0.15, 0.2) is 12.4 Å². The van der Waals surface area contributed by atoms with E-state index in [-0.39, 0.29) is 0 Å². The standard InChI is InChI=1S/C12H18N4O/c13-12(17)9-5-14-16(6-9)11-7-15(8-11)10-3-1-2-4-10/h5-6,10-11H,1-4,7-8H2,(H2,13,17). The van der Waals surface area contributed by atoms with Crippen LogP contribution in [0.3, 0.4) is 0 Å². The van der Waals surface area contributed by atoms with Crippen molar-refractivity contribution in [3.05, 3.63) is 18.0 Å². The molecule has 0 unspecified atom stereocenters. The van der Waals surface area contributed by atoms with E-state index < -0.39 is 5.91 Å². The summed E-state index contributed by atoms with van der Waals surface area (Å²) >= 11 is 0. The lowest BCUT2D eigenvalue weighted by Gasteiger charge is -2.43. The second-order valence-corrected chi connectivity index (χ2v) is 5.12. The number of nitrogens with two attached hydrogens (primary N) is 1. The Morgan fingerprint density at radius 2 is 2.00 bits per heavy atom. The quantitative estimate of drug-likeness (QED) is 0.840. The Morgan fingerprint density at radius 3 is 2.59 bits per heavy atom. The number of nitrogens with zero attached hydrogens (tertiary/aromatic N) is 3. The van der Waals surface area contributed by atoms with Crippen molar-refractivity contribution < 1.29 is 4.79 Å². The fourth-order valence-electron chi connectivity index (χ4n) is 2.89. The molecule has 0 spiro atoms. The van der Waals surface area contributed by atoms with E-state index in [1.165, 1.54) is 25.7 Å². The summed E-state index contributed by atoms with van der Waals surface area (Å²) in [6.07, 6.45) is 8.76. The molecule has 2 aliphatic rings. The Kier molecular flexibility index (Phi) is 2.63. The number of primary amides is 1. The highest BCUT2D eigenvalue weighted by Crippen LogP contribution is 2.31. The van der Waals surface area contributed by atoms with Crippen LogP contribution in [0.5, 0.6) is 0 Å². The molecule has 1 saturated heterocycles. The summed E-state index contributed by atoms with van der Waals surface area (Å²) in [5.41, 5.74) is 5.71. The number of amides is 1. The average molecular weight is 234 g/mol. The zero-order valence-corrected chi connectivity index (χ0v) is 9.88. The Bertz CT molecular complexity index is 416. The molecule has 5 heteroatoms. The molecule has 17 heavy (non-hydrogen) atoms. The number of hydrogen-bond donors (Lipinski definition) is 1. The molecule has 3 rings (SSSR count). The van der Waals surface area contributed by atoms with Crippen molar-refractivity contribution in [1.29, 1.82) is 0 Å². The van der Waals surface area contributed by atoms with Crippen LogP contribution < -0.4 is 5.73 Å². The molecule has 2 N–H and O–H groups in total. The van der Waals surface area contributed by atoms with Crippen LogP contribution in [0.4, 0.5) is 0 Å². The Labute approximate surface area is 101 Å². The summed E-state index contributed by atoms with van der Waals surface area (Å²) in [5.74, 6) is -0.400. The third kappa shape index (κ3) is 1.95. The molecule has 0 bridgehead atoms. The SMILES string of the molecule is NC(=O)c1cnn(C2CN(C3CCCC3)C2)c1. The summed E-state index contributed by atoms with van der Waals surface area (Å²) in [6, 6.07) is 1.21. The van der Waals surface area contributed by atoms with Crippen molar-refractivity contribution in [2.45, 2.75) is 37.8 Å². The fourth-order valence-corrected chi connectivity index (χ4v) is 2.89. The normalized spacial score (nSPS) is 22.8. The number of rotatable bonds is 3. The Morgan fingerprint density at radius 1 is 1.29 bits per heavy atom. The van der Waals surface area contributed by atoms with Gasteiger partial charge in [0.2, 0.25) is 0 Å². The molecular formula is C12H18N4O. The summed E-state index contributed by atoms with van der Waals surface area (Å²) in [4.78, 5) is 13.5. The summed E-state index contributed by atoms with van der Waals surface area (Å²) < 4.78 is 1.88. The van der Waals surface area contributed by atoms with E-state index in [0.29, 0.717) is 11.6 Å². The molecular weight excluding hydrogens is 216 g/mol. The van der Waals surface area contributed by atoms with Crippen molar-refractivity contribution in [2.75, 3.05) is 13.1 Å². The van der Waals surface area contributed by atoms with Gasteiger partial charge < -0.3 is 5.73 Å². The van der Waals surface area contributed by atoms with Gasteiger partial charge in [-0.05, 0) is 12.8 Å². The van der Waals surface area contributed by atoms with E-state index in [1.807, 2.05) is 4.68 Å². The van der Waals surface area contributed by atoms with Crippen LogP contribution in [0.25, 0.3) is 0 Å². The highest BCUT2D eigenvalue weighted by Gasteiger charge is 2.34. The van der Waals surface area contributed by atoms with E-state index in [2.05, 4.69) is 10.00 Å². The van der Waals surface area contributed by atoms with Gasteiger partial charge in [-0.15, -0.1) is 0 Å². The third-order valence-corrected chi connectivity index (χ3v) is 3.99. The number of aromatic nitrogens is 2. The minimum Gasteiger partial charge on any atom is -0.366 e. The molecule has 1 amide bonds. The predicted octanol–water partition coefficient (Wildman–Crippen LogP) is 0.781. The second kappa shape index (κ2) is 4.14. The van der Waals surface area contributed by atoms with Gasteiger partial charge in [0.15, 0.2) is 0 Å². The van der Waals surface area contributed by atoms with Gasteiger partial charge in [0.1, 0.15) is 0 Å². The zero-order chi connectivity index (χ0) is 11.8. The molecule has 1 aromatic rings. The van der Waals surface area contributed by atoms with Crippen LogP contribution in [-0.2, 0) is 0 Å². The van der Waals surface area contributed by atoms with Gasteiger partial charge in [0.05, 0.1) is 17.8 Å². The minimum absolute atomic E-state index is 0.400. The molecule has 2 fully saturated rings. The van der Waals surface area contributed by atoms with Gasteiger partial charge in [-0.25, -0.2) is 0 Å². The fraction of sp³-hybridized carbons (Fsp3) is 0.667. The number of carbonyl (C=O) groups excluding carboxylic acids is 1. The largest absolute Gasteiger partial charge is 0.366 e. The Hall–Kier alpha value is -1.36. The maximum atomic E-state index is 11.0. The summed E-state index contributed by atoms with van der Waals surface area (Å²) in [6.45, 7) is 2.12. The first-order chi connectivity index (χ1) is 8.24. The minimum atomic E-state index is -0.400. The van der Waals surface area contributed by atoms with E-state index in [9.17, 15) is 4.79 Å². The van der Waals surface area contributed by atoms with Crippen LogP contribution in [-0.4, -0.2) is 39.7 Å². The van der Waals surface area contributed by atoms with E-state index in [1.54, 1.807) is 12.4 Å². The molecule has 1 aromatic heterocycles. The molecule has 1 aliphatic carbocycles. The maximum Gasteiger partial charge on any atom is 0.251 e. The first-order valence-corrected chi connectivity index (χ1v) is 6.32. The van der Waals surface area contributed by atoms with Crippen LogP contribution in [0.1, 0.15) is 42.1 Å². The Balaban J connectivity index is 1.58. The second-order valence-electron chi connectivity index (χ2n) is 5.12. The van der Waals surface area contributed by atoms with Crippen LogP contribution in [0, 0.1) is 0 Å². The van der Waals surface area contributed by atoms with Gasteiger partial charge in [-0.2, -0.15) is 5.10 Å². The van der Waals surface area contributed by atoms with Gasteiger partial charge in [-0.3, -0.25) is 14.4 Å².